The maximum atomic E-state index is 12.4. The lowest BCUT2D eigenvalue weighted by Crippen LogP contribution is -2.63. The van der Waals surface area contributed by atoms with E-state index in [-0.39, 0.29) is 0 Å². The molecule has 0 spiro atoms. The zero-order chi connectivity index (χ0) is 17.9. The summed E-state index contributed by atoms with van der Waals surface area (Å²) in [6, 6.07) is 3.63. The maximum absolute atomic E-state index is 12.4. The topological polar surface area (TPSA) is 48.0 Å². The fourth-order valence-corrected chi connectivity index (χ4v) is 5.18. The average molecular weight is 395 g/mol. The van der Waals surface area contributed by atoms with Crippen molar-refractivity contribution in [2.24, 2.45) is 0 Å². The van der Waals surface area contributed by atoms with Gasteiger partial charge in [-0.25, -0.2) is 4.79 Å². The van der Waals surface area contributed by atoms with Crippen molar-refractivity contribution >= 4 is 40.9 Å². The molecule has 0 saturated carbocycles. The quantitative estimate of drug-likeness (QED) is 0.710. The minimum Gasteiger partial charge on any atom is -0.493 e. The first-order valence-electron chi connectivity index (χ1n) is 7.43. The third-order valence-corrected chi connectivity index (χ3v) is 5.67. The molecule has 1 atom stereocenters. The molecule has 1 aromatic carbocycles. The predicted octanol–water partition coefficient (Wildman–Crippen LogP) is 4.06. The summed E-state index contributed by atoms with van der Waals surface area (Å²) in [7, 11) is 3.10. The molecule has 8 heteroatoms. The molecule has 24 heavy (non-hydrogen) atoms. The van der Waals surface area contributed by atoms with Gasteiger partial charge in [0.15, 0.2) is 17.0 Å². The Kier molecular flexibility index (Phi) is 4.06. The molecule has 0 radical (unpaired) electrons. The monoisotopic (exact) mass is 393 g/mol. The molecule has 5 nitrogen and oxygen atoms in total. The summed E-state index contributed by atoms with van der Waals surface area (Å²) in [6.45, 7) is 3.88. The molecular weight excluding hydrogens is 377 g/mol. The molecule has 1 fully saturated rings. The lowest BCUT2D eigenvalue weighted by molar-refractivity contribution is 0.00975. The number of fused-ring (bicyclic) bond motifs is 3. The maximum Gasteiger partial charge on any atom is 0.411 e. The number of cyclic esters (lactones) is 1. The van der Waals surface area contributed by atoms with Crippen LogP contribution in [0.5, 0.6) is 11.5 Å². The number of hydrogen-bond acceptors (Lipinski definition) is 4. The summed E-state index contributed by atoms with van der Waals surface area (Å²) >= 11 is 19.3. The molecule has 0 aliphatic carbocycles. The van der Waals surface area contributed by atoms with Gasteiger partial charge in [-0.05, 0) is 43.5 Å². The predicted molar refractivity (Wildman–Crippen MR) is 92.5 cm³/mol. The molecule has 1 amide bonds. The summed E-state index contributed by atoms with van der Waals surface area (Å²) in [6.07, 6.45) is 0.107. The van der Waals surface area contributed by atoms with E-state index in [0.717, 1.165) is 5.56 Å². The number of ether oxygens (including phenoxy) is 3. The van der Waals surface area contributed by atoms with Crippen LogP contribution in [-0.4, -0.2) is 41.2 Å². The molecule has 2 aliphatic heterocycles. The van der Waals surface area contributed by atoms with Crippen molar-refractivity contribution in [2.75, 3.05) is 20.8 Å². The number of rotatable bonds is 2. The Morgan fingerprint density at radius 3 is 2.29 bits per heavy atom. The Balaban J connectivity index is 2.37. The van der Waals surface area contributed by atoms with E-state index in [9.17, 15) is 4.79 Å². The molecule has 0 bridgehead atoms. The van der Waals surface area contributed by atoms with E-state index in [1.165, 1.54) is 12.0 Å². The highest BCUT2D eigenvalue weighted by atomic mass is 35.6. The fourth-order valence-electron chi connectivity index (χ4n) is 3.88. The van der Waals surface area contributed by atoms with Crippen LogP contribution in [0.1, 0.15) is 25.0 Å². The fraction of sp³-hybridized carbons (Fsp3) is 0.562. The first-order chi connectivity index (χ1) is 11.1. The molecule has 3 rings (SSSR count). The number of methoxy groups -OCH3 is 2. The van der Waals surface area contributed by atoms with Crippen molar-refractivity contribution in [1.29, 1.82) is 0 Å². The first kappa shape index (κ1) is 17.8. The average Bonchev–Trinajstić information content (AvgIpc) is 2.72. The second-order valence-electron chi connectivity index (χ2n) is 6.35. The Bertz CT molecular complexity index is 701. The van der Waals surface area contributed by atoms with E-state index in [0.29, 0.717) is 30.0 Å². The van der Waals surface area contributed by atoms with Gasteiger partial charge in [0.1, 0.15) is 5.60 Å². The van der Waals surface area contributed by atoms with Crippen LogP contribution in [-0.2, 0) is 16.7 Å². The summed E-state index contributed by atoms with van der Waals surface area (Å²) in [5, 5.41) is 0. The van der Waals surface area contributed by atoms with Crippen LogP contribution in [0, 0.1) is 0 Å². The second-order valence-corrected chi connectivity index (χ2v) is 8.63. The highest BCUT2D eigenvalue weighted by Crippen LogP contribution is 2.62. The largest absolute Gasteiger partial charge is 0.493 e. The van der Waals surface area contributed by atoms with Crippen molar-refractivity contribution in [3.05, 3.63) is 23.3 Å². The van der Waals surface area contributed by atoms with Gasteiger partial charge < -0.3 is 14.2 Å². The van der Waals surface area contributed by atoms with Gasteiger partial charge in [0.2, 0.25) is 3.79 Å². The number of nitrogens with zero attached hydrogens (tertiary/aromatic N) is 1. The van der Waals surface area contributed by atoms with Gasteiger partial charge in [-0.15, -0.1) is 0 Å². The molecule has 132 valence electrons. The van der Waals surface area contributed by atoms with Crippen molar-refractivity contribution < 1.29 is 19.0 Å². The third-order valence-electron chi connectivity index (χ3n) is 4.85. The Morgan fingerprint density at radius 1 is 1.17 bits per heavy atom. The van der Waals surface area contributed by atoms with E-state index < -0.39 is 21.0 Å². The number of amides is 1. The van der Waals surface area contributed by atoms with Gasteiger partial charge in [0.05, 0.1) is 14.2 Å². The number of hydrogen-bond donors (Lipinski definition) is 0. The highest BCUT2D eigenvalue weighted by Gasteiger charge is 2.72. The Morgan fingerprint density at radius 2 is 1.75 bits per heavy atom. The van der Waals surface area contributed by atoms with Gasteiger partial charge in [0, 0.05) is 6.54 Å². The molecule has 0 aromatic heterocycles. The van der Waals surface area contributed by atoms with Crippen LogP contribution in [0.25, 0.3) is 0 Å². The molecule has 1 aromatic rings. The lowest BCUT2D eigenvalue weighted by atomic mass is 9.72. The van der Waals surface area contributed by atoms with Crippen LogP contribution >= 0.6 is 34.8 Å². The normalized spacial score (nSPS) is 25.0. The van der Waals surface area contributed by atoms with Crippen LogP contribution in [0.15, 0.2) is 12.1 Å². The van der Waals surface area contributed by atoms with Crippen LogP contribution in [0.2, 0.25) is 0 Å². The number of carbonyl (C=O) groups is 1. The number of alkyl halides is 3. The van der Waals surface area contributed by atoms with Crippen molar-refractivity contribution in [2.45, 2.75) is 35.2 Å². The van der Waals surface area contributed by atoms with Gasteiger partial charge in [-0.2, -0.15) is 0 Å². The smallest absolute Gasteiger partial charge is 0.411 e. The van der Waals surface area contributed by atoms with E-state index in [4.69, 9.17) is 49.0 Å². The van der Waals surface area contributed by atoms with Gasteiger partial charge in [0.25, 0.3) is 0 Å². The summed E-state index contributed by atoms with van der Waals surface area (Å²) < 4.78 is 14.5. The zero-order valence-corrected chi connectivity index (χ0v) is 16.1. The van der Waals surface area contributed by atoms with Gasteiger partial charge >= 0.3 is 6.09 Å². The molecule has 2 aliphatic rings. The number of halogens is 3. The number of benzene rings is 1. The minimum atomic E-state index is -1.81. The minimum absolute atomic E-state index is 0.388. The molecule has 0 N–H and O–H groups in total. The van der Waals surface area contributed by atoms with E-state index in [1.807, 2.05) is 6.07 Å². The van der Waals surface area contributed by atoms with E-state index in [1.54, 1.807) is 27.0 Å². The van der Waals surface area contributed by atoms with Crippen molar-refractivity contribution in [3.8, 4) is 11.5 Å². The zero-order valence-electron chi connectivity index (χ0n) is 13.8. The number of carbonyl (C=O) groups excluding carboxylic acids is 1. The van der Waals surface area contributed by atoms with Gasteiger partial charge in [-0.3, -0.25) is 4.90 Å². The summed E-state index contributed by atoms with van der Waals surface area (Å²) in [5.74, 6) is 1.09. The molecule has 1 unspecified atom stereocenters. The third kappa shape index (κ3) is 2.11. The van der Waals surface area contributed by atoms with Crippen LogP contribution in [0.4, 0.5) is 4.79 Å². The first-order valence-corrected chi connectivity index (χ1v) is 8.56. The lowest BCUT2D eigenvalue weighted by Gasteiger charge is -2.50. The van der Waals surface area contributed by atoms with Crippen molar-refractivity contribution in [3.63, 3.8) is 0 Å². The second kappa shape index (κ2) is 5.48. The highest BCUT2D eigenvalue weighted by molar-refractivity contribution is 6.68. The molecule has 1 saturated heterocycles. The van der Waals surface area contributed by atoms with Gasteiger partial charge in [-0.1, -0.05) is 34.8 Å². The van der Waals surface area contributed by atoms with E-state index >= 15 is 0 Å². The summed E-state index contributed by atoms with van der Waals surface area (Å²) in [4.78, 5) is 13.9. The van der Waals surface area contributed by atoms with Crippen LogP contribution in [0.3, 0.4) is 0 Å². The standard InChI is InChI=1S/C16H18Cl3NO4/c1-14(2)15(16(17,18)19)10-8-12(23-4)11(22-3)7-9(10)5-6-20(15)13(21)24-14/h7-8H,5-6H2,1-4H3. The van der Waals surface area contributed by atoms with E-state index in [2.05, 4.69) is 0 Å². The Hall–Kier alpha value is -1.04. The molecule has 2 heterocycles. The van der Waals surface area contributed by atoms with Crippen LogP contribution < -0.4 is 9.47 Å². The molecular formula is C16H18Cl3NO4. The Labute approximate surface area is 155 Å². The summed E-state index contributed by atoms with van der Waals surface area (Å²) in [5.41, 5.74) is -0.692. The SMILES string of the molecule is COc1cc2c(cc1OC)C1(C(Cl)(Cl)Cl)N(CC2)C(=O)OC1(C)C. The van der Waals surface area contributed by atoms with Crippen molar-refractivity contribution in [1.82, 2.24) is 4.90 Å².